The van der Waals surface area contributed by atoms with Crippen molar-refractivity contribution in [3.63, 3.8) is 0 Å². The van der Waals surface area contributed by atoms with E-state index in [0.717, 1.165) is 6.08 Å². The van der Waals surface area contributed by atoms with Crippen LogP contribution >= 0.6 is 0 Å². The first-order valence-corrected chi connectivity index (χ1v) is 2.34. The Morgan fingerprint density at radius 1 is 1.80 bits per heavy atom. The molecule has 0 aromatic carbocycles. The zero-order valence-electron chi connectivity index (χ0n) is 6.00. The van der Waals surface area contributed by atoms with Gasteiger partial charge in [0.05, 0.1) is 0 Å². The van der Waals surface area contributed by atoms with E-state index in [4.69, 9.17) is 5.11 Å². The maximum absolute atomic E-state index is 10.3. The number of hydrogen-bond acceptors (Lipinski definition) is 2. The smallest absolute Gasteiger partial charge is 0 e. The zero-order valence-corrected chi connectivity index (χ0v) is 15.2. The van der Waals surface area contributed by atoms with Crippen LogP contribution in [0.3, 0.4) is 0 Å². The summed E-state index contributed by atoms with van der Waals surface area (Å²) in [7, 11) is 0. The summed E-state index contributed by atoms with van der Waals surface area (Å²) in [6, 6.07) is 0. The van der Waals surface area contributed by atoms with E-state index in [2.05, 4.69) is 0 Å². The third-order valence-electron chi connectivity index (χ3n) is 0.631. The van der Waals surface area contributed by atoms with Crippen molar-refractivity contribution < 1.29 is 42.6 Å². The Bertz CT molecular complexity index is 104. The van der Waals surface area contributed by atoms with Gasteiger partial charge in [-0.05, 0) is 5.78 Å². The van der Waals surface area contributed by atoms with Crippen LogP contribution in [0.2, 0.25) is 0 Å². The molecule has 0 saturated carbocycles. The number of rotatable bonds is 3. The summed E-state index contributed by atoms with van der Waals surface area (Å²) >= 11 is 0. The molecule has 0 aliphatic heterocycles. The third-order valence-corrected chi connectivity index (χ3v) is 0.631. The summed E-state index contributed by atoms with van der Waals surface area (Å²) in [6.07, 6.45) is 4.76. The molecule has 0 aromatic rings. The molecule has 0 heterocycles. The number of ketones is 1. The molecular weight excluding hydrogens is 460 g/mol. The number of carbonyl (C=O) groups is 1. The summed E-state index contributed by atoms with van der Waals surface area (Å²) in [6.45, 7) is 1.78. The van der Waals surface area contributed by atoms with Crippen molar-refractivity contribution in [2.45, 2.75) is 13.3 Å². The SMILES string of the molecule is C[CH-]CC(=O)C=[C-]O.[Rf].[Y]. The van der Waals surface area contributed by atoms with Gasteiger partial charge in [0, 0.05) is 32.7 Å². The Hall–Kier alpha value is -0.686. The van der Waals surface area contributed by atoms with Gasteiger partial charge in [-0.3, -0.25) is 0 Å². The molecule has 0 aromatic heterocycles. The molecule has 10 heavy (non-hydrogen) atoms. The summed E-state index contributed by atoms with van der Waals surface area (Å²) < 4.78 is 0. The Kier molecular flexibility index (Phi) is 18.0. The molecule has 0 saturated heterocycles. The summed E-state index contributed by atoms with van der Waals surface area (Å²) in [5.74, 6) is -0.130. The second-order valence-corrected chi connectivity index (χ2v) is 1.35. The Balaban J connectivity index is -0.000000245. The van der Waals surface area contributed by atoms with Gasteiger partial charge in [0.2, 0.25) is 0 Å². The quantitative estimate of drug-likeness (QED) is 0.382. The van der Waals surface area contributed by atoms with E-state index in [0.29, 0.717) is 6.42 Å². The van der Waals surface area contributed by atoms with Gasteiger partial charge in [0.25, 0.3) is 0 Å². The Morgan fingerprint density at radius 3 is 2.60 bits per heavy atom. The minimum atomic E-state index is -0.130. The fourth-order valence-corrected chi connectivity index (χ4v) is 0.332. The second kappa shape index (κ2) is 11.2. The first kappa shape index (κ1) is 16.1. The summed E-state index contributed by atoms with van der Waals surface area (Å²) in [4.78, 5) is 10.3. The van der Waals surface area contributed by atoms with Gasteiger partial charge in [-0.25, -0.2) is 0 Å². The van der Waals surface area contributed by atoms with Gasteiger partial charge >= 0.3 is 0 Å². The van der Waals surface area contributed by atoms with Crippen molar-refractivity contribution in [2.24, 2.45) is 0 Å². The predicted molar refractivity (Wildman–Crippen MR) is 30.0 cm³/mol. The molecule has 0 amide bonds. The zero-order chi connectivity index (χ0) is 6.41. The number of hydrogen-bond donors (Lipinski definition) is 1. The number of aliphatic hydroxyl groups excluding tert-OH is 1. The molecule has 1 N–H and O–H groups in total. The van der Waals surface area contributed by atoms with E-state index < -0.39 is 0 Å². The van der Waals surface area contributed by atoms with Crippen LogP contribution in [0, 0.1) is 12.7 Å². The van der Waals surface area contributed by atoms with Gasteiger partial charge in [0.1, 0.15) is 0 Å². The molecular formula is C6H8O2RfY-2. The first-order chi connectivity index (χ1) is 3.81. The van der Waals surface area contributed by atoms with E-state index in [1.165, 1.54) is 0 Å². The van der Waals surface area contributed by atoms with E-state index in [-0.39, 0.29) is 38.5 Å². The van der Waals surface area contributed by atoms with Crippen LogP contribution in [0.25, 0.3) is 0 Å². The minimum absolute atomic E-state index is 0. The van der Waals surface area contributed by atoms with Crippen molar-refractivity contribution in [3.05, 3.63) is 18.8 Å². The third kappa shape index (κ3) is 10.3. The van der Waals surface area contributed by atoms with Crippen LogP contribution in [0.15, 0.2) is 6.08 Å². The second-order valence-electron chi connectivity index (χ2n) is 1.35. The molecule has 0 rings (SSSR count). The minimum Gasteiger partial charge on any atom is -0.607 e. The van der Waals surface area contributed by atoms with Crippen molar-refractivity contribution in [1.82, 2.24) is 0 Å². The molecule has 0 fully saturated rings. The number of carbonyl (C=O) groups excluding carboxylic acids is 1. The first-order valence-electron chi connectivity index (χ1n) is 2.34. The van der Waals surface area contributed by atoms with Crippen LogP contribution in [-0.4, -0.2) is 10.9 Å². The number of allylic oxidation sites excluding steroid dienone is 1. The topological polar surface area (TPSA) is 37.3 Å². The normalized spacial score (nSPS) is 8.10. The Morgan fingerprint density at radius 2 is 2.30 bits per heavy atom. The molecule has 0 atom stereocenters. The van der Waals surface area contributed by atoms with Crippen LogP contribution in [0.5, 0.6) is 0 Å². The molecule has 0 unspecified atom stereocenters. The summed E-state index contributed by atoms with van der Waals surface area (Å²) in [5.41, 5.74) is 0. The van der Waals surface area contributed by atoms with Crippen LogP contribution < -0.4 is 0 Å². The largest absolute Gasteiger partial charge is 0.607 e. The molecule has 51 valence electrons. The van der Waals surface area contributed by atoms with Crippen LogP contribution in [0.1, 0.15) is 13.3 Å². The predicted octanol–water partition coefficient (Wildman–Crippen LogP) is 1.04. The van der Waals surface area contributed by atoms with Gasteiger partial charge in [-0.2, -0.15) is 19.4 Å². The van der Waals surface area contributed by atoms with Crippen LogP contribution in [-0.2, 0) is 37.5 Å². The summed E-state index contributed by atoms with van der Waals surface area (Å²) in [5, 5.41) is 7.92. The standard InChI is InChI=1S/C6H8O2.Rf.Y/c1-2-3-6(8)4-5-7;;/h2,4,7H,3H2,1H3;;/q-2;;. The maximum atomic E-state index is 10.3. The monoisotopic (exact) mass is 468 g/mol. The molecule has 0 aliphatic carbocycles. The molecule has 0 spiro atoms. The molecule has 2 nitrogen and oxygen atoms in total. The van der Waals surface area contributed by atoms with Gasteiger partial charge in [0.15, 0.2) is 0 Å². The molecule has 4 heteroatoms. The van der Waals surface area contributed by atoms with Gasteiger partial charge < -0.3 is 16.3 Å². The Labute approximate surface area is 80.2 Å². The van der Waals surface area contributed by atoms with Gasteiger partial charge in [-0.1, -0.05) is 6.26 Å². The fourth-order valence-electron chi connectivity index (χ4n) is 0.332. The van der Waals surface area contributed by atoms with Crippen molar-refractivity contribution in [1.29, 1.82) is 0 Å². The fraction of sp³-hybridized carbons (Fsp3) is 0.333. The van der Waals surface area contributed by atoms with Crippen molar-refractivity contribution >= 4 is 5.78 Å². The maximum Gasteiger partial charge on any atom is 0 e. The van der Waals surface area contributed by atoms with Gasteiger partial charge in [-0.15, -0.1) is 0 Å². The number of aliphatic hydroxyl groups is 1. The average molecular weight is 468 g/mol. The van der Waals surface area contributed by atoms with Crippen molar-refractivity contribution in [2.75, 3.05) is 0 Å². The molecule has 0 aliphatic rings. The molecule has 1 radical (unpaired) electrons. The van der Waals surface area contributed by atoms with Crippen LogP contribution in [0.4, 0.5) is 0 Å². The average Bonchev–Trinajstić information content (AvgIpc) is 1.68. The van der Waals surface area contributed by atoms with E-state index in [1.54, 1.807) is 19.6 Å². The van der Waals surface area contributed by atoms with E-state index in [9.17, 15) is 4.79 Å². The van der Waals surface area contributed by atoms with E-state index in [1.807, 2.05) is 0 Å². The van der Waals surface area contributed by atoms with Crippen molar-refractivity contribution in [3.8, 4) is 0 Å². The molecule has 0 bridgehead atoms. The van der Waals surface area contributed by atoms with E-state index >= 15 is 0 Å².